The van der Waals surface area contributed by atoms with Crippen molar-refractivity contribution < 1.29 is 14.3 Å². The highest BCUT2D eigenvalue weighted by Crippen LogP contribution is 2.25. The van der Waals surface area contributed by atoms with Gasteiger partial charge in [0.25, 0.3) is 0 Å². The van der Waals surface area contributed by atoms with E-state index in [4.69, 9.17) is 4.74 Å². The van der Waals surface area contributed by atoms with Crippen molar-refractivity contribution in [2.24, 2.45) is 0 Å². The minimum absolute atomic E-state index is 0.0684. The molecule has 0 aliphatic heterocycles. The first-order valence-corrected chi connectivity index (χ1v) is 12.5. The van der Waals surface area contributed by atoms with Crippen LogP contribution in [-0.2, 0) is 29.1 Å². The molecule has 0 unspecified atom stereocenters. The molecule has 0 heterocycles. The third-order valence-electron chi connectivity index (χ3n) is 6.29. The number of carbonyl (C=O) groups is 2. The molecule has 1 N–H and O–H groups in total. The van der Waals surface area contributed by atoms with E-state index in [9.17, 15) is 9.59 Å². The first kappa shape index (κ1) is 25.7. The normalized spacial score (nSPS) is 11.4. The Labute approximate surface area is 218 Å². The fourth-order valence-electron chi connectivity index (χ4n) is 4.28. The Hall–Kier alpha value is -4.38. The summed E-state index contributed by atoms with van der Waals surface area (Å²) in [7, 11) is 1.62. The highest BCUT2D eigenvalue weighted by molar-refractivity contribution is 5.88. The molecule has 0 aromatic heterocycles. The molecule has 37 heavy (non-hydrogen) atoms. The number of aryl methyl sites for hydroxylation is 1. The number of nitrogens with zero attached hydrogens (tertiary/aromatic N) is 1. The minimum Gasteiger partial charge on any atom is -0.497 e. The zero-order valence-corrected chi connectivity index (χ0v) is 21.0. The molecule has 4 aromatic carbocycles. The molecule has 0 radical (unpaired) electrons. The van der Waals surface area contributed by atoms with Gasteiger partial charge >= 0.3 is 0 Å². The number of carbonyl (C=O) groups excluding carboxylic acids is 2. The van der Waals surface area contributed by atoms with Crippen LogP contribution in [0.25, 0.3) is 0 Å². The SMILES string of the molecule is COc1ccc(CNC(=O)[C@@H](c2ccccc2)N(Cc2ccccc2)C(=O)CCc2ccccc2)cc1. The van der Waals surface area contributed by atoms with E-state index < -0.39 is 6.04 Å². The van der Waals surface area contributed by atoms with E-state index in [1.54, 1.807) is 12.0 Å². The molecule has 1 atom stereocenters. The quantitative estimate of drug-likeness (QED) is 0.292. The van der Waals surface area contributed by atoms with Crippen LogP contribution in [0.3, 0.4) is 0 Å². The van der Waals surface area contributed by atoms with Crippen LogP contribution in [-0.4, -0.2) is 23.8 Å². The highest BCUT2D eigenvalue weighted by Gasteiger charge is 2.31. The lowest BCUT2D eigenvalue weighted by molar-refractivity contribution is -0.141. The van der Waals surface area contributed by atoms with Crippen molar-refractivity contribution >= 4 is 11.8 Å². The van der Waals surface area contributed by atoms with E-state index in [1.165, 1.54) is 0 Å². The van der Waals surface area contributed by atoms with Crippen molar-refractivity contribution in [3.63, 3.8) is 0 Å². The monoisotopic (exact) mass is 492 g/mol. The zero-order valence-electron chi connectivity index (χ0n) is 21.0. The van der Waals surface area contributed by atoms with Gasteiger partial charge in [-0.25, -0.2) is 0 Å². The molecular formula is C32H32N2O3. The third kappa shape index (κ3) is 7.31. The molecule has 5 nitrogen and oxygen atoms in total. The second-order valence-electron chi connectivity index (χ2n) is 8.87. The van der Waals surface area contributed by atoms with E-state index >= 15 is 0 Å². The molecule has 0 bridgehead atoms. The molecule has 5 heteroatoms. The molecule has 188 valence electrons. The maximum atomic E-state index is 13.7. The van der Waals surface area contributed by atoms with Gasteiger partial charge in [0.15, 0.2) is 0 Å². The molecular weight excluding hydrogens is 460 g/mol. The van der Waals surface area contributed by atoms with Gasteiger partial charge in [0.2, 0.25) is 11.8 Å². The Balaban J connectivity index is 1.59. The van der Waals surface area contributed by atoms with Crippen molar-refractivity contribution in [2.45, 2.75) is 32.0 Å². The third-order valence-corrected chi connectivity index (χ3v) is 6.29. The van der Waals surface area contributed by atoms with E-state index in [0.29, 0.717) is 25.9 Å². The van der Waals surface area contributed by atoms with Gasteiger partial charge < -0.3 is 15.0 Å². The second kappa shape index (κ2) is 13.1. The van der Waals surface area contributed by atoms with Crippen LogP contribution in [0.5, 0.6) is 5.75 Å². The molecule has 0 aliphatic carbocycles. The van der Waals surface area contributed by atoms with Gasteiger partial charge in [-0.2, -0.15) is 0 Å². The van der Waals surface area contributed by atoms with Gasteiger partial charge in [0.05, 0.1) is 7.11 Å². The van der Waals surface area contributed by atoms with Gasteiger partial charge in [-0.3, -0.25) is 9.59 Å². The van der Waals surface area contributed by atoms with Crippen LogP contribution < -0.4 is 10.1 Å². The zero-order chi connectivity index (χ0) is 25.9. The lowest BCUT2D eigenvalue weighted by Gasteiger charge is -2.32. The Morgan fingerprint density at radius 1 is 0.730 bits per heavy atom. The van der Waals surface area contributed by atoms with E-state index in [0.717, 1.165) is 28.0 Å². The Bertz CT molecular complexity index is 1260. The van der Waals surface area contributed by atoms with Crippen molar-refractivity contribution in [1.29, 1.82) is 0 Å². The Morgan fingerprint density at radius 3 is 1.89 bits per heavy atom. The Kier molecular flexibility index (Phi) is 9.08. The summed E-state index contributed by atoms with van der Waals surface area (Å²) < 4.78 is 5.23. The van der Waals surface area contributed by atoms with Crippen LogP contribution >= 0.6 is 0 Å². The van der Waals surface area contributed by atoms with Crippen LogP contribution in [0, 0.1) is 0 Å². The molecule has 0 spiro atoms. The summed E-state index contributed by atoms with van der Waals surface area (Å²) in [4.78, 5) is 29.1. The van der Waals surface area contributed by atoms with Gasteiger partial charge in [-0.05, 0) is 40.8 Å². The number of hydrogen-bond acceptors (Lipinski definition) is 3. The predicted octanol–water partition coefficient (Wildman–Crippen LogP) is 5.71. The Morgan fingerprint density at radius 2 is 1.30 bits per heavy atom. The van der Waals surface area contributed by atoms with Crippen molar-refractivity contribution in [2.75, 3.05) is 7.11 Å². The summed E-state index contributed by atoms with van der Waals surface area (Å²) >= 11 is 0. The number of rotatable bonds is 11. The molecule has 0 fully saturated rings. The summed E-state index contributed by atoms with van der Waals surface area (Å²) in [5.74, 6) is 0.474. The largest absolute Gasteiger partial charge is 0.497 e. The number of methoxy groups -OCH3 is 1. The average Bonchev–Trinajstić information content (AvgIpc) is 2.96. The predicted molar refractivity (Wildman–Crippen MR) is 146 cm³/mol. The number of ether oxygens (including phenoxy) is 1. The van der Waals surface area contributed by atoms with Gasteiger partial charge in [0, 0.05) is 19.5 Å². The van der Waals surface area contributed by atoms with Crippen LogP contribution in [0.1, 0.15) is 34.7 Å². The first-order chi connectivity index (χ1) is 18.1. The fraction of sp³-hybridized carbons (Fsp3) is 0.188. The molecule has 0 saturated carbocycles. The lowest BCUT2D eigenvalue weighted by Crippen LogP contribution is -2.43. The second-order valence-corrected chi connectivity index (χ2v) is 8.87. The number of benzene rings is 4. The van der Waals surface area contributed by atoms with Gasteiger partial charge in [-0.1, -0.05) is 103 Å². The van der Waals surface area contributed by atoms with Crippen molar-refractivity contribution in [3.8, 4) is 5.75 Å². The summed E-state index contributed by atoms with van der Waals surface area (Å²) in [5, 5.41) is 3.06. The van der Waals surface area contributed by atoms with E-state index in [-0.39, 0.29) is 11.8 Å². The average molecular weight is 493 g/mol. The molecule has 0 saturated heterocycles. The van der Waals surface area contributed by atoms with E-state index in [2.05, 4.69) is 5.32 Å². The van der Waals surface area contributed by atoms with Gasteiger partial charge in [0.1, 0.15) is 11.8 Å². The fourth-order valence-corrected chi connectivity index (χ4v) is 4.28. The molecule has 2 amide bonds. The van der Waals surface area contributed by atoms with Gasteiger partial charge in [-0.15, -0.1) is 0 Å². The summed E-state index contributed by atoms with van der Waals surface area (Å²) in [6, 6.07) is 36.1. The molecule has 4 rings (SSSR count). The standard InChI is InChI=1S/C32H32N2O3/c1-37-29-20-17-26(18-21-29)23-33-32(36)31(28-15-9-4-10-16-28)34(24-27-13-7-3-8-14-27)30(35)22-19-25-11-5-2-6-12-25/h2-18,20-21,31H,19,22-24H2,1H3,(H,33,36)/t31-/m1/s1. The number of amides is 2. The van der Waals surface area contributed by atoms with Crippen molar-refractivity contribution in [3.05, 3.63) is 138 Å². The topological polar surface area (TPSA) is 58.6 Å². The highest BCUT2D eigenvalue weighted by atomic mass is 16.5. The van der Waals surface area contributed by atoms with Crippen molar-refractivity contribution in [1.82, 2.24) is 10.2 Å². The van der Waals surface area contributed by atoms with Crippen LogP contribution in [0.2, 0.25) is 0 Å². The number of hydrogen-bond donors (Lipinski definition) is 1. The van der Waals surface area contributed by atoms with Crippen LogP contribution in [0.15, 0.2) is 115 Å². The van der Waals surface area contributed by atoms with E-state index in [1.807, 2.05) is 115 Å². The molecule has 4 aromatic rings. The lowest BCUT2D eigenvalue weighted by atomic mass is 10.0. The maximum absolute atomic E-state index is 13.7. The molecule has 0 aliphatic rings. The summed E-state index contributed by atoms with van der Waals surface area (Å²) in [6.45, 7) is 0.688. The first-order valence-electron chi connectivity index (χ1n) is 12.5. The summed E-state index contributed by atoms with van der Waals surface area (Å²) in [5.41, 5.74) is 3.79. The minimum atomic E-state index is -0.761. The number of nitrogens with one attached hydrogen (secondary N) is 1. The van der Waals surface area contributed by atoms with Crippen LogP contribution in [0.4, 0.5) is 0 Å². The maximum Gasteiger partial charge on any atom is 0.247 e. The summed E-state index contributed by atoms with van der Waals surface area (Å²) in [6.07, 6.45) is 0.923. The smallest absolute Gasteiger partial charge is 0.247 e.